The van der Waals surface area contributed by atoms with E-state index in [9.17, 15) is 15.2 Å². The van der Waals surface area contributed by atoms with E-state index in [4.69, 9.17) is 37.4 Å². The number of carbonyl (C=O) groups excluding carboxylic acids is 1. The first-order valence-electron chi connectivity index (χ1n) is 12.6. The van der Waals surface area contributed by atoms with Crippen LogP contribution in [0.4, 0.5) is 5.69 Å². The molecule has 0 aliphatic carbocycles. The smallest absolute Gasteiger partial charge is 0.266 e. The van der Waals surface area contributed by atoms with Gasteiger partial charge in [0.1, 0.15) is 30.6 Å². The molecule has 0 unspecified atom stereocenters. The van der Waals surface area contributed by atoms with Crippen LogP contribution >= 0.6 is 23.2 Å². The fraction of sp³-hybridized carbons (Fsp3) is 0.125. The molecule has 0 atom stereocenters. The van der Waals surface area contributed by atoms with Crippen LogP contribution in [0.5, 0.6) is 23.0 Å². The van der Waals surface area contributed by atoms with Gasteiger partial charge in [-0.2, -0.15) is 5.26 Å². The number of ether oxygens (including phenoxy) is 3. The van der Waals surface area contributed by atoms with E-state index in [1.807, 2.05) is 61.5 Å². The molecule has 2 N–H and O–H groups in total. The lowest BCUT2D eigenvalue weighted by Crippen LogP contribution is -2.13. The molecule has 0 saturated heterocycles. The van der Waals surface area contributed by atoms with E-state index in [1.54, 1.807) is 12.1 Å². The standard InChI is InChI=1S/C32H26Cl2N2O5/c1-2-39-30-17-22(8-13-29(30)40-19-21-6-4-3-5-7-21)20-41-31-27(33)15-23(16-28(31)34)14-24(18-35)32(38)36-25-9-11-26(37)12-10-25/h3-17,37H,2,19-20H2,1H3,(H,36,38)/b24-14+. The molecule has 41 heavy (non-hydrogen) atoms. The molecule has 0 aromatic heterocycles. The Morgan fingerprint density at radius 3 is 2.22 bits per heavy atom. The molecular weight excluding hydrogens is 563 g/mol. The summed E-state index contributed by atoms with van der Waals surface area (Å²) in [6, 6.07) is 26.3. The van der Waals surface area contributed by atoms with Crippen molar-refractivity contribution >= 4 is 40.9 Å². The first-order chi connectivity index (χ1) is 19.9. The van der Waals surface area contributed by atoms with Crippen LogP contribution in [0, 0.1) is 11.3 Å². The Balaban J connectivity index is 1.44. The zero-order valence-electron chi connectivity index (χ0n) is 22.1. The van der Waals surface area contributed by atoms with Crippen molar-refractivity contribution in [2.75, 3.05) is 11.9 Å². The number of hydrogen-bond donors (Lipinski definition) is 2. The Morgan fingerprint density at radius 2 is 1.56 bits per heavy atom. The van der Waals surface area contributed by atoms with E-state index in [-0.39, 0.29) is 33.7 Å². The Kier molecular flexibility index (Phi) is 10.1. The molecule has 0 saturated carbocycles. The molecule has 208 valence electrons. The van der Waals surface area contributed by atoms with Crippen LogP contribution in [-0.2, 0) is 18.0 Å². The van der Waals surface area contributed by atoms with Gasteiger partial charge in [-0.1, -0.05) is 59.6 Å². The van der Waals surface area contributed by atoms with Crippen LogP contribution in [0.15, 0.2) is 90.5 Å². The molecule has 0 bridgehead atoms. The van der Waals surface area contributed by atoms with Gasteiger partial charge in [0.15, 0.2) is 17.2 Å². The van der Waals surface area contributed by atoms with Crippen molar-refractivity contribution in [3.05, 3.63) is 117 Å². The topological polar surface area (TPSA) is 101 Å². The van der Waals surface area contributed by atoms with Gasteiger partial charge in [-0.3, -0.25) is 4.79 Å². The maximum atomic E-state index is 12.6. The van der Waals surface area contributed by atoms with Gasteiger partial charge >= 0.3 is 0 Å². The average molecular weight is 589 g/mol. The van der Waals surface area contributed by atoms with Crippen molar-refractivity contribution in [1.82, 2.24) is 0 Å². The number of benzene rings is 4. The van der Waals surface area contributed by atoms with Crippen LogP contribution in [0.3, 0.4) is 0 Å². The van der Waals surface area contributed by atoms with Crippen molar-refractivity contribution in [3.8, 4) is 29.1 Å². The van der Waals surface area contributed by atoms with Crippen molar-refractivity contribution < 1.29 is 24.1 Å². The Morgan fingerprint density at radius 1 is 0.878 bits per heavy atom. The fourth-order valence-corrected chi connectivity index (χ4v) is 4.39. The summed E-state index contributed by atoms with van der Waals surface area (Å²) in [5.41, 5.74) is 2.58. The number of anilines is 1. The molecular formula is C32H26Cl2N2O5. The summed E-state index contributed by atoms with van der Waals surface area (Å²) in [6.45, 7) is 2.94. The molecule has 0 aliphatic rings. The third-order valence-electron chi connectivity index (χ3n) is 5.75. The first-order valence-corrected chi connectivity index (χ1v) is 13.4. The van der Waals surface area contributed by atoms with E-state index in [0.717, 1.165) is 11.1 Å². The maximum absolute atomic E-state index is 12.6. The highest BCUT2D eigenvalue weighted by Crippen LogP contribution is 2.36. The van der Waals surface area contributed by atoms with Gasteiger partial charge in [-0.05, 0) is 78.2 Å². The minimum absolute atomic E-state index is 0.0604. The van der Waals surface area contributed by atoms with Crippen molar-refractivity contribution in [2.24, 2.45) is 0 Å². The first kappa shape index (κ1) is 29.3. The number of aromatic hydroxyl groups is 1. The number of carbonyl (C=O) groups is 1. The van der Waals surface area contributed by atoms with Gasteiger partial charge in [0, 0.05) is 5.69 Å². The highest BCUT2D eigenvalue weighted by molar-refractivity contribution is 6.37. The summed E-state index contributed by atoms with van der Waals surface area (Å²) in [5.74, 6) is 0.920. The van der Waals surface area contributed by atoms with Gasteiger partial charge < -0.3 is 24.6 Å². The highest BCUT2D eigenvalue weighted by Gasteiger charge is 2.14. The van der Waals surface area contributed by atoms with Crippen LogP contribution < -0.4 is 19.5 Å². The van der Waals surface area contributed by atoms with Crippen molar-refractivity contribution in [2.45, 2.75) is 20.1 Å². The van der Waals surface area contributed by atoms with Gasteiger partial charge in [0.25, 0.3) is 5.91 Å². The summed E-state index contributed by atoms with van der Waals surface area (Å²) >= 11 is 12.9. The second-order valence-corrected chi connectivity index (χ2v) is 9.58. The number of nitrogens with zero attached hydrogens (tertiary/aromatic N) is 1. The molecule has 0 spiro atoms. The van der Waals surface area contributed by atoms with Crippen molar-refractivity contribution in [3.63, 3.8) is 0 Å². The monoisotopic (exact) mass is 588 g/mol. The molecule has 4 aromatic rings. The lowest BCUT2D eigenvalue weighted by atomic mass is 10.1. The second kappa shape index (κ2) is 14.1. The predicted molar refractivity (Wildman–Crippen MR) is 160 cm³/mol. The third-order valence-corrected chi connectivity index (χ3v) is 6.31. The third kappa shape index (κ3) is 8.18. The van der Waals surface area contributed by atoms with Crippen LogP contribution in [0.25, 0.3) is 6.08 Å². The largest absolute Gasteiger partial charge is 0.508 e. The molecule has 7 nitrogen and oxygen atoms in total. The Bertz CT molecular complexity index is 1560. The predicted octanol–water partition coefficient (Wildman–Crippen LogP) is 7.80. The van der Waals surface area contributed by atoms with Gasteiger partial charge in [0.2, 0.25) is 0 Å². The molecule has 0 aliphatic heterocycles. The maximum Gasteiger partial charge on any atom is 0.266 e. The second-order valence-electron chi connectivity index (χ2n) is 8.76. The lowest BCUT2D eigenvalue weighted by Gasteiger charge is -2.15. The molecule has 1 amide bonds. The number of phenolic OH excluding ortho intramolecular Hbond substituents is 1. The number of nitrogens with one attached hydrogen (secondary N) is 1. The quantitative estimate of drug-likeness (QED) is 0.105. The number of hydrogen-bond acceptors (Lipinski definition) is 6. The number of nitriles is 1. The van der Waals surface area contributed by atoms with E-state index >= 15 is 0 Å². The molecule has 9 heteroatoms. The SMILES string of the molecule is CCOc1cc(COc2c(Cl)cc(/C=C(\C#N)C(=O)Nc3ccc(O)cc3)cc2Cl)ccc1OCc1ccccc1. The zero-order valence-corrected chi connectivity index (χ0v) is 23.6. The van der Waals surface area contributed by atoms with E-state index in [1.165, 1.54) is 30.3 Å². The van der Waals surface area contributed by atoms with Gasteiger partial charge in [-0.25, -0.2) is 0 Å². The van der Waals surface area contributed by atoms with Crippen LogP contribution in [-0.4, -0.2) is 17.6 Å². The van der Waals surface area contributed by atoms with Gasteiger partial charge in [0.05, 0.1) is 16.7 Å². The molecule has 0 radical (unpaired) electrons. The number of amides is 1. The van der Waals surface area contributed by atoms with Crippen LogP contribution in [0.2, 0.25) is 10.0 Å². The zero-order chi connectivity index (χ0) is 29.2. The Hall–Kier alpha value is -4.64. The summed E-state index contributed by atoms with van der Waals surface area (Å²) < 4.78 is 17.7. The molecule has 0 fully saturated rings. The van der Waals surface area contributed by atoms with E-state index in [0.29, 0.717) is 36.0 Å². The van der Waals surface area contributed by atoms with Gasteiger partial charge in [-0.15, -0.1) is 0 Å². The van der Waals surface area contributed by atoms with Crippen LogP contribution in [0.1, 0.15) is 23.6 Å². The Labute approximate surface area is 248 Å². The number of rotatable bonds is 11. The molecule has 4 rings (SSSR count). The minimum Gasteiger partial charge on any atom is -0.508 e. The van der Waals surface area contributed by atoms with Crippen molar-refractivity contribution in [1.29, 1.82) is 5.26 Å². The normalized spacial score (nSPS) is 10.9. The number of phenols is 1. The summed E-state index contributed by atoms with van der Waals surface area (Å²) in [7, 11) is 0. The highest BCUT2D eigenvalue weighted by atomic mass is 35.5. The van der Waals surface area contributed by atoms with E-state index in [2.05, 4.69) is 5.32 Å². The minimum atomic E-state index is -0.618. The summed E-state index contributed by atoms with van der Waals surface area (Å²) in [5, 5.41) is 22.0. The molecule has 4 aromatic carbocycles. The lowest BCUT2D eigenvalue weighted by molar-refractivity contribution is -0.112. The number of halogens is 2. The van der Waals surface area contributed by atoms with E-state index < -0.39 is 5.91 Å². The summed E-state index contributed by atoms with van der Waals surface area (Å²) in [6.07, 6.45) is 1.37. The molecule has 0 heterocycles. The fourth-order valence-electron chi connectivity index (χ4n) is 3.78. The summed E-state index contributed by atoms with van der Waals surface area (Å²) in [4.78, 5) is 12.6. The average Bonchev–Trinajstić information content (AvgIpc) is 2.97.